The Hall–Kier alpha value is -1.94. The van der Waals surface area contributed by atoms with Gasteiger partial charge in [0, 0.05) is 25.7 Å². The molecule has 100 heavy (non-hydrogen) atoms. The lowest BCUT2D eigenvalue weighted by Crippen LogP contribution is -2.30. The quantitative estimate of drug-likeness (QED) is 0.0222. The second kappa shape index (κ2) is 71.3. The van der Waals surface area contributed by atoms with E-state index in [0.29, 0.717) is 25.7 Å². The highest BCUT2D eigenvalue weighted by Crippen LogP contribution is 2.45. The Balaban J connectivity index is 5.24. The van der Waals surface area contributed by atoms with Crippen LogP contribution in [0.3, 0.4) is 0 Å². The summed E-state index contributed by atoms with van der Waals surface area (Å²) in [5, 5.41) is 10.6. The average molecular weight is 1470 g/mol. The van der Waals surface area contributed by atoms with Crippen LogP contribution >= 0.6 is 15.6 Å². The summed E-state index contributed by atoms with van der Waals surface area (Å²) in [6.07, 6.45) is 59.8. The van der Waals surface area contributed by atoms with Crippen molar-refractivity contribution in [2.45, 2.75) is 439 Å². The largest absolute Gasteiger partial charge is 0.472 e. The van der Waals surface area contributed by atoms with Crippen molar-refractivity contribution < 1.29 is 80.2 Å². The summed E-state index contributed by atoms with van der Waals surface area (Å²) in [6.45, 7) is 11.9. The van der Waals surface area contributed by atoms with Gasteiger partial charge in [-0.1, -0.05) is 370 Å². The topological polar surface area (TPSA) is 237 Å². The highest BCUT2D eigenvalue weighted by Gasteiger charge is 2.30. The van der Waals surface area contributed by atoms with E-state index in [9.17, 15) is 43.2 Å². The molecule has 0 saturated carbocycles. The van der Waals surface area contributed by atoms with Gasteiger partial charge in [0.05, 0.1) is 26.4 Å². The van der Waals surface area contributed by atoms with Gasteiger partial charge in [0.25, 0.3) is 0 Å². The Morgan fingerprint density at radius 2 is 0.510 bits per heavy atom. The molecule has 0 rings (SSSR count). The van der Waals surface area contributed by atoms with Crippen LogP contribution in [0.2, 0.25) is 0 Å². The summed E-state index contributed by atoms with van der Waals surface area (Å²) in [4.78, 5) is 73.0. The van der Waals surface area contributed by atoms with Gasteiger partial charge in [0.1, 0.15) is 19.3 Å². The van der Waals surface area contributed by atoms with E-state index in [4.69, 9.17) is 37.0 Å². The van der Waals surface area contributed by atoms with Gasteiger partial charge in [0.2, 0.25) is 0 Å². The molecule has 0 aromatic rings. The van der Waals surface area contributed by atoms with Crippen LogP contribution < -0.4 is 0 Å². The number of rotatable bonds is 79. The third kappa shape index (κ3) is 73.0. The number of hydrogen-bond acceptors (Lipinski definition) is 15. The third-order valence-corrected chi connectivity index (χ3v) is 21.1. The molecule has 3 unspecified atom stereocenters. The highest BCUT2D eigenvalue weighted by molar-refractivity contribution is 7.47. The van der Waals surface area contributed by atoms with E-state index in [0.717, 1.165) is 114 Å². The van der Waals surface area contributed by atoms with Crippen molar-refractivity contribution in [3.8, 4) is 0 Å². The van der Waals surface area contributed by atoms with Crippen LogP contribution in [0.1, 0.15) is 421 Å². The smallest absolute Gasteiger partial charge is 0.462 e. The molecule has 0 aromatic carbocycles. The number of ether oxygens (including phenoxy) is 4. The summed E-state index contributed by atoms with van der Waals surface area (Å²) >= 11 is 0. The number of carbonyl (C=O) groups excluding carboxylic acids is 4. The standard InChI is InChI=1S/C81H158O17P2/c1-8-10-11-12-13-14-15-16-17-18-19-20-23-27-30-36-41-50-57-64-80(85)97-76(68-91-78(83)62-55-48-40-35-29-26-24-21-22-25-28-33-38-45-52-59-72(3)4)70-95-99(87,88)93-66-75(82)67-94-100(89,90)96-71-77(69-92-79(84)63-56-49-44-43-47-54-61-74(7)9-2)98-81(86)65-58-51-42-37-32-31-34-39-46-53-60-73(5)6/h72-77,82H,8-71H2,1-7H3,(H,87,88)(H,89,90)/t74?,75-,76-,77-/m1/s1. The Kier molecular flexibility index (Phi) is 69.9. The zero-order valence-electron chi connectivity index (χ0n) is 65.7. The maximum atomic E-state index is 13.1. The molecule has 19 heteroatoms. The second-order valence-electron chi connectivity index (χ2n) is 30.4. The molecular formula is C81H158O17P2. The van der Waals surface area contributed by atoms with Crippen LogP contribution in [0.25, 0.3) is 0 Å². The van der Waals surface area contributed by atoms with E-state index in [1.165, 1.54) is 225 Å². The first-order valence-electron chi connectivity index (χ1n) is 41.9. The molecule has 0 radical (unpaired) electrons. The number of aliphatic hydroxyl groups excluding tert-OH is 1. The first kappa shape index (κ1) is 98.1. The summed E-state index contributed by atoms with van der Waals surface area (Å²) in [7, 11) is -9.92. The summed E-state index contributed by atoms with van der Waals surface area (Å²) in [5.41, 5.74) is 0. The zero-order chi connectivity index (χ0) is 73.7. The molecule has 17 nitrogen and oxygen atoms in total. The van der Waals surface area contributed by atoms with Gasteiger partial charge >= 0.3 is 39.5 Å². The first-order valence-corrected chi connectivity index (χ1v) is 44.9. The van der Waals surface area contributed by atoms with E-state index in [1.54, 1.807) is 0 Å². The molecule has 0 saturated heterocycles. The SMILES string of the molecule is CCCCCCCCCCCCCCCCCCCCCC(=O)O[C@H](COC(=O)CCCCCCCCCCCCCCCCCC(C)C)COP(=O)(O)OC[C@@H](O)COP(=O)(O)OC[C@@H](COC(=O)CCCCCCCCC(C)CC)OC(=O)CCCCCCCCCCCCC(C)C. The third-order valence-electron chi connectivity index (χ3n) is 19.2. The fraction of sp³-hybridized carbons (Fsp3) is 0.951. The molecule has 6 atom stereocenters. The van der Waals surface area contributed by atoms with Crippen molar-refractivity contribution in [2.75, 3.05) is 39.6 Å². The van der Waals surface area contributed by atoms with Gasteiger partial charge < -0.3 is 33.8 Å². The number of esters is 4. The summed E-state index contributed by atoms with van der Waals surface area (Å²) in [6, 6.07) is 0. The minimum atomic E-state index is -4.96. The molecule has 594 valence electrons. The molecule has 0 fully saturated rings. The predicted octanol–water partition coefficient (Wildman–Crippen LogP) is 24.1. The number of carbonyl (C=O) groups is 4. The van der Waals surface area contributed by atoms with Gasteiger partial charge in [-0.15, -0.1) is 0 Å². The van der Waals surface area contributed by atoms with Crippen LogP contribution in [-0.4, -0.2) is 96.7 Å². The van der Waals surface area contributed by atoms with Crippen molar-refractivity contribution in [3.05, 3.63) is 0 Å². The Morgan fingerprint density at radius 3 is 0.760 bits per heavy atom. The molecule has 0 aliphatic rings. The molecule has 0 bridgehead atoms. The number of phosphoric acid groups is 2. The van der Waals surface area contributed by atoms with Crippen molar-refractivity contribution >= 4 is 39.5 Å². The Bertz CT molecular complexity index is 1940. The lowest BCUT2D eigenvalue weighted by atomic mass is 10.00. The molecule has 3 N–H and O–H groups in total. The van der Waals surface area contributed by atoms with Gasteiger partial charge in [0.15, 0.2) is 12.2 Å². The molecular weight excluding hydrogens is 1310 g/mol. The van der Waals surface area contributed by atoms with Crippen molar-refractivity contribution in [1.82, 2.24) is 0 Å². The normalized spacial score (nSPS) is 14.2. The van der Waals surface area contributed by atoms with E-state index in [2.05, 4.69) is 48.5 Å². The lowest BCUT2D eigenvalue weighted by Gasteiger charge is -2.21. The maximum absolute atomic E-state index is 13.1. The van der Waals surface area contributed by atoms with Crippen molar-refractivity contribution in [2.24, 2.45) is 17.8 Å². The minimum Gasteiger partial charge on any atom is -0.462 e. The van der Waals surface area contributed by atoms with Crippen LogP contribution in [0.4, 0.5) is 0 Å². The van der Waals surface area contributed by atoms with Crippen LogP contribution in [0.5, 0.6) is 0 Å². The monoisotopic (exact) mass is 1470 g/mol. The fourth-order valence-electron chi connectivity index (χ4n) is 12.5. The first-order chi connectivity index (χ1) is 48.3. The lowest BCUT2D eigenvalue weighted by molar-refractivity contribution is -0.161. The summed E-state index contributed by atoms with van der Waals surface area (Å²) < 4.78 is 68.7. The molecule has 0 spiro atoms. The highest BCUT2D eigenvalue weighted by atomic mass is 31.2. The van der Waals surface area contributed by atoms with Crippen molar-refractivity contribution in [1.29, 1.82) is 0 Å². The molecule has 0 aliphatic carbocycles. The number of phosphoric ester groups is 2. The van der Waals surface area contributed by atoms with Gasteiger partial charge in [-0.3, -0.25) is 37.3 Å². The maximum Gasteiger partial charge on any atom is 0.472 e. The van der Waals surface area contributed by atoms with E-state index in [1.807, 2.05) is 0 Å². The number of hydrogen-bond donors (Lipinski definition) is 3. The van der Waals surface area contributed by atoms with Crippen molar-refractivity contribution in [3.63, 3.8) is 0 Å². The number of unbranched alkanes of at least 4 members (excludes halogenated alkanes) is 46. The van der Waals surface area contributed by atoms with E-state index in [-0.39, 0.29) is 25.7 Å². The molecule has 0 aromatic heterocycles. The Labute approximate surface area is 613 Å². The molecule has 0 amide bonds. The fourth-order valence-corrected chi connectivity index (χ4v) is 14.0. The van der Waals surface area contributed by atoms with Gasteiger partial charge in [-0.2, -0.15) is 0 Å². The van der Waals surface area contributed by atoms with Crippen LogP contribution in [-0.2, 0) is 65.4 Å². The number of aliphatic hydroxyl groups is 1. The predicted molar refractivity (Wildman–Crippen MR) is 409 cm³/mol. The van der Waals surface area contributed by atoms with Gasteiger partial charge in [-0.25, -0.2) is 9.13 Å². The van der Waals surface area contributed by atoms with Gasteiger partial charge in [-0.05, 0) is 43.4 Å². The minimum absolute atomic E-state index is 0.105. The second-order valence-corrected chi connectivity index (χ2v) is 33.3. The average Bonchev–Trinajstić information content (AvgIpc) is 1.24. The zero-order valence-corrected chi connectivity index (χ0v) is 67.5. The van der Waals surface area contributed by atoms with E-state index < -0.39 is 97.5 Å². The van der Waals surface area contributed by atoms with E-state index >= 15 is 0 Å². The Morgan fingerprint density at radius 1 is 0.290 bits per heavy atom. The molecule has 0 aliphatic heterocycles. The van der Waals surface area contributed by atoms with Crippen LogP contribution in [0.15, 0.2) is 0 Å². The molecule has 0 heterocycles. The summed E-state index contributed by atoms with van der Waals surface area (Å²) in [5.74, 6) is 0.176. The van der Waals surface area contributed by atoms with Crippen LogP contribution in [0, 0.1) is 17.8 Å².